The summed E-state index contributed by atoms with van der Waals surface area (Å²) in [6.45, 7) is 0.995. The molecule has 3 heterocycles. The highest BCUT2D eigenvalue weighted by molar-refractivity contribution is 8.13. The first-order chi connectivity index (χ1) is 13.1. The quantitative estimate of drug-likeness (QED) is 0.712. The molecule has 0 saturated carbocycles. The van der Waals surface area contributed by atoms with Crippen molar-refractivity contribution in [3.05, 3.63) is 52.4 Å². The summed E-state index contributed by atoms with van der Waals surface area (Å²) in [6.07, 6.45) is 1.46. The van der Waals surface area contributed by atoms with Crippen molar-refractivity contribution in [2.75, 3.05) is 24.3 Å². The van der Waals surface area contributed by atoms with E-state index in [-0.39, 0.29) is 23.1 Å². The predicted molar refractivity (Wildman–Crippen MR) is 108 cm³/mol. The Hall–Kier alpha value is -2.65. The third-order valence-corrected chi connectivity index (χ3v) is 6.06. The average molecular weight is 400 g/mol. The molecule has 0 bridgehead atoms. The summed E-state index contributed by atoms with van der Waals surface area (Å²) in [7, 11) is 0. The lowest BCUT2D eigenvalue weighted by Gasteiger charge is -2.14. The molecule has 1 aliphatic rings. The Labute approximate surface area is 163 Å². The minimum Gasteiger partial charge on any atom is -0.332 e. The lowest BCUT2D eigenvalue weighted by molar-refractivity contribution is -0.117. The number of rotatable bonds is 5. The summed E-state index contributed by atoms with van der Waals surface area (Å²) in [5, 5.41) is 2.38. The van der Waals surface area contributed by atoms with Crippen molar-refractivity contribution in [2.24, 2.45) is 0 Å². The van der Waals surface area contributed by atoms with E-state index < -0.39 is 0 Å². The molecular weight excluding hydrogens is 384 g/mol. The highest BCUT2D eigenvalue weighted by Gasteiger charge is 2.21. The largest absolute Gasteiger partial charge is 0.332 e. The number of benzene rings is 1. The minimum absolute atomic E-state index is 0.00571. The number of thioether (sulfide) groups is 1. The zero-order valence-electron chi connectivity index (χ0n) is 14.3. The van der Waals surface area contributed by atoms with Gasteiger partial charge in [-0.05, 0) is 5.56 Å². The van der Waals surface area contributed by atoms with E-state index in [4.69, 9.17) is 0 Å². The van der Waals surface area contributed by atoms with E-state index in [1.807, 2.05) is 35.7 Å². The fourth-order valence-corrected chi connectivity index (χ4v) is 4.66. The predicted octanol–water partition coefficient (Wildman–Crippen LogP) is 2.75. The van der Waals surface area contributed by atoms with Gasteiger partial charge in [-0.3, -0.25) is 19.8 Å². The number of carbonyl (C=O) groups is 2. The highest BCUT2D eigenvalue weighted by Crippen LogP contribution is 2.30. The van der Waals surface area contributed by atoms with Crippen LogP contribution in [0, 0.1) is 0 Å². The van der Waals surface area contributed by atoms with Crippen LogP contribution in [0.2, 0.25) is 0 Å². The van der Waals surface area contributed by atoms with Gasteiger partial charge in [-0.2, -0.15) is 0 Å². The molecule has 9 heteroatoms. The first kappa shape index (κ1) is 17.7. The van der Waals surface area contributed by atoms with Crippen LogP contribution in [0.5, 0.6) is 0 Å². The Kier molecular flexibility index (Phi) is 4.95. The van der Waals surface area contributed by atoms with Gasteiger partial charge >= 0.3 is 0 Å². The first-order valence-corrected chi connectivity index (χ1v) is 10.3. The molecule has 0 aliphatic carbocycles. The van der Waals surface area contributed by atoms with Crippen molar-refractivity contribution in [1.82, 2.24) is 14.6 Å². The molecule has 27 heavy (non-hydrogen) atoms. The van der Waals surface area contributed by atoms with Crippen LogP contribution in [0.3, 0.4) is 0 Å². The van der Waals surface area contributed by atoms with Crippen LogP contribution in [-0.4, -0.2) is 44.5 Å². The standard InChI is InChI=1S/C18H16N4O3S2/c23-14(6-7-21-8-9-26-18(21)25)20-22-11-19-16-15(17(22)24)13(10-27-16)12-4-2-1-3-5-12/h1-5,10-11H,6-9H2,(H,20,23). The van der Waals surface area contributed by atoms with Gasteiger partial charge in [0.25, 0.3) is 10.8 Å². The van der Waals surface area contributed by atoms with Gasteiger partial charge in [-0.25, -0.2) is 9.66 Å². The lowest BCUT2D eigenvalue weighted by Crippen LogP contribution is -2.35. The zero-order valence-corrected chi connectivity index (χ0v) is 15.9. The van der Waals surface area contributed by atoms with Crippen molar-refractivity contribution in [3.8, 4) is 11.1 Å². The minimum atomic E-state index is -0.334. The summed E-state index contributed by atoms with van der Waals surface area (Å²) in [5.74, 6) is 0.417. The molecule has 0 spiro atoms. The van der Waals surface area contributed by atoms with Crippen molar-refractivity contribution < 1.29 is 9.59 Å². The van der Waals surface area contributed by atoms with Crippen LogP contribution in [0.15, 0.2) is 46.8 Å². The van der Waals surface area contributed by atoms with Crippen LogP contribution in [0.1, 0.15) is 6.42 Å². The topological polar surface area (TPSA) is 84.3 Å². The maximum Gasteiger partial charge on any atom is 0.281 e. The monoisotopic (exact) mass is 400 g/mol. The Morgan fingerprint density at radius 2 is 2.04 bits per heavy atom. The van der Waals surface area contributed by atoms with Crippen molar-refractivity contribution in [2.45, 2.75) is 6.42 Å². The molecular formula is C18H16N4O3S2. The van der Waals surface area contributed by atoms with Gasteiger partial charge in [0.15, 0.2) is 0 Å². The second kappa shape index (κ2) is 7.53. The van der Waals surface area contributed by atoms with Gasteiger partial charge in [-0.15, -0.1) is 11.3 Å². The fraction of sp³-hybridized carbons (Fsp3) is 0.222. The maximum atomic E-state index is 12.9. The summed E-state index contributed by atoms with van der Waals surface area (Å²) in [5.41, 5.74) is 3.98. The number of amides is 2. The van der Waals surface area contributed by atoms with Crippen LogP contribution < -0.4 is 11.0 Å². The van der Waals surface area contributed by atoms with Crippen molar-refractivity contribution in [3.63, 3.8) is 0 Å². The number of fused-ring (bicyclic) bond motifs is 1. The normalized spacial score (nSPS) is 14.1. The number of hydrogen-bond acceptors (Lipinski definition) is 6. The second-order valence-electron chi connectivity index (χ2n) is 6.00. The van der Waals surface area contributed by atoms with Gasteiger partial charge in [0.1, 0.15) is 11.2 Å². The Morgan fingerprint density at radius 1 is 1.22 bits per heavy atom. The Bertz CT molecular complexity index is 1060. The van der Waals surface area contributed by atoms with Gasteiger partial charge in [0.2, 0.25) is 5.91 Å². The molecule has 1 aliphatic heterocycles. The van der Waals surface area contributed by atoms with Gasteiger partial charge in [-0.1, -0.05) is 42.1 Å². The van der Waals surface area contributed by atoms with Crippen LogP contribution in [0.25, 0.3) is 21.3 Å². The molecule has 3 aromatic rings. The van der Waals surface area contributed by atoms with E-state index in [1.165, 1.54) is 29.4 Å². The van der Waals surface area contributed by atoms with Crippen molar-refractivity contribution >= 4 is 44.5 Å². The van der Waals surface area contributed by atoms with E-state index in [9.17, 15) is 14.4 Å². The van der Waals surface area contributed by atoms with Crippen LogP contribution >= 0.6 is 23.1 Å². The van der Waals surface area contributed by atoms with Crippen LogP contribution in [0.4, 0.5) is 4.79 Å². The summed E-state index contributed by atoms with van der Waals surface area (Å²) >= 11 is 2.65. The SMILES string of the molecule is O=C(CCN1CCSC1=O)Nn1cnc2scc(-c3ccccc3)c2c1=O. The van der Waals surface area contributed by atoms with E-state index in [2.05, 4.69) is 10.4 Å². The summed E-state index contributed by atoms with van der Waals surface area (Å²) in [6, 6.07) is 9.60. The summed E-state index contributed by atoms with van der Waals surface area (Å²) in [4.78, 5) is 43.2. The number of nitrogens with one attached hydrogen (secondary N) is 1. The van der Waals surface area contributed by atoms with Gasteiger partial charge in [0.05, 0.1) is 5.39 Å². The molecule has 1 N–H and O–H groups in total. The van der Waals surface area contributed by atoms with E-state index in [1.54, 1.807) is 4.90 Å². The molecule has 2 aromatic heterocycles. The van der Waals surface area contributed by atoms with E-state index in [0.29, 0.717) is 23.3 Å². The average Bonchev–Trinajstić information content (AvgIpc) is 3.29. The number of aromatic nitrogens is 2. The number of nitrogens with zero attached hydrogens (tertiary/aromatic N) is 3. The number of thiophene rings is 1. The molecule has 138 valence electrons. The fourth-order valence-electron chi connectivity index (χ4n) is 2.90. The van der Waals surface area contributed by atoms with Gasteiger partial charge < -0.3 is 4.90 Å². The molecule has 0 radical (unpaired) electrons. The molecule has 4 rings (SSSR count). The maximum absolute atomic E-state index is 12.9. The smallest absolute Gasteiger partial charge is 0.281 e. The Morgan fingerprint density at radius 3 is 2.78 bits per heavy atom. The summed E-state index contributed by atoms with van der Waals surface area (Å²) < 4.78 is 1.12. The molecule has 1 saturated heterocycles. The van der Waals surface area contributed by atoms with Crippen molar-refractivity contribution in [1.29, 1.82) is 0 Å². The second-order valence-corrected chi connectivity index (χ2v) is 7.91. The molecule has 0 unspecified atom stereocenters. The van der Waals surface area contributed by atoms with E-state index in [0.717, 1.165) is 21.6 Å². The van der Waals surface area contributed by atoms with Crippen LogP contribution in [-0.2, 0) is 4.79 Å². The highest BCUT2D eigenvalue weighted by atomic mass is 32.2. The Balaban J connectivity index is 1.56. The first-order valence-electron chi connectivity index (χ1n) is 8.39. The number of carbonyl (C=O) groups excluding carboxylic acids is 2. The third kappa shape index (κ3) is 3.60. The molecule has 0 atom stereocenters. The van der Waals surface area contributed by atoms with E-state index >= 15 is 0 Å². The molecule has 1 aromatic carbocycles. The van der Waals surface area contributed by atoms with Gasteiger partial charge in [0, 0.05) is 36.2 Å². The lowest BCUT2D eigenvalue weighted by atomic mass is 10.1. The molecule has 7 nitrogen and oxygen atoms in total. The molecule has 2 amide bonds. The molecule has 1 fully saturated rings. The zero-order chi connectivity index (χ0) is 18.8. The third-order valence-electron chi connectivity index (χ3n) is 4.28. The number of hydrogen-bond donors (Lipinski definition) is 1.